The van der Waals surface area contributed by atoms with E-state index in [1.54, 1.807) is 11.3 Å². The zero-order chi connectivity index (χ0) is 13.0. The lowest BCUT2D eigenvalue weighted by molar-refractivity contribution is 0.214. The van der Waals surface area contributed by atoms with Gasteiger partial charge in [-0.25, -0.2) is 4.98 Å². The number of rotatable bonds is 5. The van der Waals surface area contributed by atoms with Crippen molar-refractivity contribution in [2.45, 2.75) is 70.8 Å². The van der Waals surface area contributed by atoms with Crippen LogP contribution in [0, 0.1) is 12.8 Å². The topological polar surface area (TPSA) is 38.9 Å². The van der Waals surface area contributed by atoms with E-state index in [0.717, 1.165) is 18.8 Å². The molecule has 1 aromatic rings. The molecule has 1 heterocycles. The van der Waals surface area contributed by atoms with Gasteiger partial charge < -0.3 is 5.73 Å². The lowest BCUT2D eigenvalue weighted by Crippen LogP contribution is -2.43. The Labute approximate surface area is 115 Å². The summed E-state index contributed by atoms with van der Waals surface area (Å²) in [6, 6.07) is 0. The minimum Gasteiger partial charge on any atom is -0.325 e. The maximum Gasteiger partial charge on any atom is 0.0797 e. The molecule has 0 saturated heterocycles. The number of aromatic nitrogens is 1. The number of nitrogens with zero attached hydrogens (tertiary/aromatic N) is 1. The molecule has 1 aromatic heterocycles. The van der Waals surface area contributed by atoms with Gasteiger partial charge in [-0.3, -0.25) is 0 Å². The van der Waals surface area contributed by atoms with Crippen LogP contribution in [0.25, 0.3) is 0 Å². The summed E-state index contributed by atoms with van der Waals surface area (Å²) < 4.78 is 0. The molecular weight excluding hydrogens is 240 g/mol. The van der Waals surface area contributed by atoms with Crippen LogP contribution >= 0.6 is 11.3 Å². The van der Waals surface area contributed by atoms with Crippen molar-refractivity contribution >= 4 is 11.3 Å². The van der Waals surface area contributed by atoms with E-state index in [9.17, 15) is 0 Å². The fourth-order valence-electron chi connectivity index (χ4n) is 3.13. The molecule has 2 nitrogen and oxygen atoms in total. The van der Waals surface area contributed by atoms with E-state index < -0.39 is 0 Å². The number of aryl methyl sites for hydroxylation is 2. The van der Waals surface area contributed by atoms with Gasteiger partial charge in [0.2, 0.25) is 0 Å². The smallest absolute Gasteiger partial charge is 0.0797 e. The molecule has 0 unspecified atom stereocenters. The Balaban J connectivity index is 1.81. The summed E-state index contributed by atoms with van der Waals surface area (Å²) in [7, 11) is 0. The lowest BCUT2D eigenvalue weighted by atomic mass is 9.73. The normalized spacial score (nSPS) is 28.5. The van der Waals surface area contributed by atoms with Gasteiger partial charge in [0.25, 0.3) is 0 Å². The van der Waals surface area contributed by atoms with Crippen LogP contribution in [0.3, 0.4) is 0 Å². The number of nitrogens with two attached hydrogens (primary N) is 1. The van der Waals surface area contributed by atoms with Gasteiger partial charge in [-0.05, 0) is 51.4 Å². The maximum absolute atomic E-state index is 6.57. The highest BCUT2D eigenvalue weighted by molar-refractivity contribution is 7.09. The lowest BCUT2D eigenvalue weighted by Gasteiger charge is -2.37. The van der Waals surface area contributed by atoms with E-state index in [2.05, 4.69) is 18.8 Å². The third-order valence-corrected chi connectivity index (χ3v) is 5.49. The Morgan fingerprint density at radius 3 is 2.72 bits per heavy atom. The van der Waals surface area contributed by atoms with Crippen molar-refractivity contribution in [3.63, 3.8) is 0 Å². The van der Waals surface area contributed by atoms with Crippen LogP contribution in [-0.4, -0.2) is 10.5 Å². The third kappa shape index (κ3) is 3.55. The van der Waals surface area contributed by atoms with Crippen LogP contribution < -0.4 is 5.73 Å². The molecule has 0 atom stereocenters. The second-order valence-corrected chi connectivity index (χ2v) is 6.89. The second kappa shape index (κ2) is 6.16. The van der Waals surface area contributed by atoms with Crippen LogP contribution in [-0.2, 0) is 6.42 Å². The van der Waals surface area contributed by atoms with Crippen molar-refractivity contribution < 1.29 is 0 Å². The van der Waals surface area contributed by atoms with E-state index in [0.29, 0.717) is 0 Å². The van der Waals surface area contributed by atoms with Crippen LogP contribution in [0.2, 0.25) is 0 Å². The first-order valence-electron chi connectivity index (χ1n) is 7.31. The molecule has 2 N–H and O–H groups in total. The Kier molecular flexibility index (Phi) is 4.79. The van der Waals surface area contributed by atoms with E-state index in [4.69, 9.17) is 5.73 Å². The largest absolute Gasteiger partial charge is 0.325 e. The first kappa shape index (κ1) is 14.0. The van der Waals surface area contributed by atoms with Gasteiger partial charge >= 0.3 is 0 Å². The fraction of sp³-hybridized carbons (Fsp3) is 0.800. The van der Waals surface area contributed by atoms with E-state index >= 15 is 0 Å². The molecule has 0 radical (unpaired) electrons. The van der Waals surface area contributed by atoms with Gasteiger partial charge in [-0.2, -0.15) is 0 Å². The molecule has 1 saturated carbocycles. The highest BCUT2D eigenvalue weighted by Gasteiger charge is 2.31. The summed E-state index contributed by atoms with van der Waals surface area (Å²) in [6.07, 6.45) is 10.1. The Morgan fingerprint density at radius 2 is 2.17 bits per heavy atom. The van der Waals surface area contributed by atoms with Crippen LogP contribution in [0.15, 0.2) is 5.51 Å². The molecule has 0 bridgehead atoms. The fourth-order valence-corrected chi connectivity index (χ4v) is 3.91. The standard InChI is InChI=1S/C15H26N2S/c1-3-4-13-5-8-15(16,9-6-13)10-7-14-12(2)17-11-18-14/h11,13H,3-10,16H2,1-2H3. The van der Waals surface area contributed by atoms with Gasteiger partial charge in [-0.1, -0.05) is 19.8 Å². The Bertz CT molecular complexity index is 364. The summed E-state index contributed by atoms with van der Waals surface area (Å²) >= 11 is 1.78. The van der Waals surface area contributed by atoms with Gasteiger partial charge in [0, 0.05) is 10.4 Å². The molecule has 1 aliphatic carbocycles. The third-order valence-electron chi connectivity index (χ3n) is 4.49. The van der Waals surface area contributed by atoms with Gasteiger partial charge in [-0.15, -0.1) is 11.3 Å². The SMILES string of the molecule is CCCC1CCC(N)(CCc2scnc2C)CC1. The maximum atomic E-state index is 6.57. The minimum absolute atomic E-state index is 0.0979. The summed E-state index contributed by atoms with van der Waals surface area (Å²) in [5, 5.41) is 0. The highest BCUT2D eigenvalue weighted by Crippen LogP contribution is 2.35. The van der Waals surface area contributed by atoms with Crippen molar-refractivity contribution in [2.24, 2.45) is 11.7 Å². The number of hydrogen-bond acceptors (Lipinski definition) is 3. The van der Waals surface area contributed by atoms with E-state index in [1.165, 1.54) is 49.1 Å². The predicted molar refractivity (Wildman–Crippen MR) is 79.0 cm³/mol. The van der Waals surface area contributed by atoms with Crippen LogP contribution in [0.1, 0.15) is 62.4 Å². The van der Waals surface area contributed by atoms with Crippen molar-refractivity contribution in [3.05, 3.63) is 16.1 Å². The van der Waals surface area contributed by atoms with Crippen LogP contribution in [0.4, 0.5) is 0 Å². The number of thiazole rings is 1. The summed E-state index contributed by atoms with van der Waals surface area (Å²) in [5.74, 6) is 0.941. The molecule has 3 heteroatoms. The molecule has 2 rings (SSSR count). The zero-order valence-electron chi connectivity index (χ0n) is 11.7. The molecular formula is C15H26N2S. The monoisotopic (exact) mass is 266 g/mol. The summed E-state index contributed by atoms with van der Waals surface area (Å²) in [5.41, 5.74) is 9.81. The van der Waals surface area contributed by atoms with Gasteiger partial charge in [0.1, 0.15) is 0 Å². The Hall–Kier alpha value is -0.410. The molecule has 0 spiro atoms. The van der Waals surface area contributed by atoms with E-state index in [-0.39, 0.29) is 5.54 Å². The molecule has 102 valence electrons. The molecule has 1 aliphatic rings. The zero-order valence-corrected chi connectivity index (χ0v) is 12.6. The Morgan fingerprint density at radius 1 is 1.44 bits per heavy atom. The molecule has 0 aliphatic heterocycles. The molecule has 18 heavy (non-hydrogen) atoms. The summed E-state index contributed by atoms with van der Waals surface area (Å²) in [4.78, 5) is 5.74. The molecule has 1 fully saturated rings. The van der Waals surface area contributed by atoms with E-state index in [1.807, 2.05) is 5.51 Å². The van der Waals surface area contributed by atoms with Gasteiger partial charge in [0.05, 0.1) is 11.2 Å². The first-order chi connectivity index (χ1) is 8.63. The minimum atomic E-state index is 0.0979. The van der Waals surface area contributed by atoms with Crippen molar-refractivity contribution in [2.75, 3.05) is 0 Å². The van der Waals surface area contributed by atoms with Crippen molar-refractivity contribution in [1.29, 1.82) is 0 Å². The quantitative estimate of drug-likeness (QED) is 0.872. The highest BCUT2D eigenvalue weighted by atomic mass is 32.1. The van der Waals surface area contributed by atoms with Crippen molar-refractivity contribution in [3.8, 4) is 0 Å². The summed E-state index contributed by atoms with van der Waals surface area (Å²) in [6.45, 7) is 4.39. The average molecular weight is 266 g/mol. The van der Waals surface area contributed by atoms with Crippen molar-refractivity contribution in [1.82, 2.24) is 4.98 Å². The predicted octanol–water partition coefficient (Wildman–Crippen LogP) is 4.07. The molecule has 0 aromatic carbocycles. The van der Waals surface area contributed by atoms with Crippen LogP contribution in [0.5, 0.6) is 0 Å². The second-order valence-electron chi connectivity index (χ2n) is 5.96. The van der Waals surface area contributed by atoms with Gasteiger partial charge in [0.15, 0.2) is 0 Å². The average Bonchev–Trinajstić information content (AvgIpc) is 2.76. The first-order valence-corrected chi connectivity index (χ1v) is 8.19. The molecule has 0 amide bonds. The number of hydrogen-bond donors (Lipinski definition) is 1.